The van der Waals surface area contributed by atoms with Gasteiger partial charge in [-0.15, -0.1) is 0 Å². The number of hydrogen-bond donors (Lipinski definition) is 0. The molecule has 1 atom stereocenters. The highest BCUT2D eigenvalue weighted by Gasteiger charge is 2.35. The molecule has 2 aromatic heterocycles. The van der Waals surface area contributed by atoms with Crippen molar-refractivity contribution in [3.05, 3.63) is 53.8 Å². The average Bonchev–Trinajstić information content (AvgIpc) is 3.39. The highest BCUT2D eigenvalue weighted by Crippen LogP contribution is 2.37. The lowest BCUT2D eigenvalue weighted by Gasteiger charge is -2.30. The summed E-state index contributed by atoms with van der Waals surface area (Å²) in [4.78, 5) is 18.1. The van der Waals surface area contributed by atoms with Crippen LogP contribution in [0.2, 0.25) is 0 Å². The molecule has 3 heterocycles. The number of hydrogen-bond acceptors (Lipinski definition) is 7. The van der Waals surface area contributed by atoms with Crippen molar-refractivity contribution in [3.63, 3.8) is 0 Å². The van der Waals surface area contributed by atoms with Crippen LogP contribution in [0.5, 0.6) is 0 Å². The van der Waals surface area contributed by atoms with Gasteiger partial charge in [0.25, 0.3) is 5.91 Å². The van der Waals surface area contributed by atoms with Gasteiger partial charge in [-0.25, -0.2) is 0 Å². The Morgan fingerprint density at radius 2 is 2.04 bits per heavy atom. The third-order valence-corrected chi connectivity index (χ3v) is 4.25. The summed E-state index contributed by atoms with van der Waals surface area (Å²) in [6, 6.07) is 6.13. The lowest BCUT2D eigenvalue weighted by molar-refractivity contribution is -0.137. The molecule has 1 unspecified atom stereocenters. The Labute approximate surface area is 155 Å². The Morgan fingerprint density at radius 1 is 1.21 bits per heavy atom. The van der Waals surface area contributed by atoms with Crippen LogP contribution in [0.25, 0.3) is 11.3 Å². The fourth-order valence-electron chi connectivity index (χ4n) is 2.92. The van der Waals surface area contributed by atoms with E-state index < -0.39 is 23.8 Å². The highest BCUT2D eigenvalue weighted by molar-refractivity contribution is 5.93. The summed E-state index contributed by atoms with van der Waals surface area (Å²) in [5.41, 5.74) is -1.15. The number of aromatic nitrogens is 3. The number of halogens is 3. The smallest absolute Gasteiger partial charge is 0.366 e. The number of amides is 1. The topological polar surface area (TPSA) is 94.5 Å². The van der Waals surface area contributed by atoms with Gasteiger partial charge in [-0.2, -0.15) is 18.2 Å². The molecule has 0 spiro atoms. The normalized spacial score (nSPS) is 17.7. The second-order valence-corrected chi connectivity index (χ2v) is 6.02. The van der Waals surface area contributed by atoms with Crippen molar-refractivity contribution in [2.24, 2.45) is 0 Å². The maximum absolute atomic E-state index is 13.2. The maximum Gasteiger partial charge on any atom is 0.417 e. The molecular weight excluding hydrogens is 381 g/mol. The van der Waals surface area contributed by atoms with Gasteiger partial charge in [0.05, 0.1) is 18.7 Å². The number of nitrogens with zero attached hydrogens (tertiary/aromatic N) is 4. The monoisotopic (exact) mass is 394 g/mol. The van der Waals surface area contributed by atoms with Crippen LogP contribution in [0, 0.1) is 0 Å². The molecule has 8 nitrogen and oxygen atoms in total. The van der Waals surface area contributed by atoms with Gasteiger partial charge >= 0.3 is 6.18 Å². The number of rotatable bonds is 3. The summed E-state index contributed by atoms with van der Waals surface area (Å²) >= 11 is 0. The van der Waals surface area contributed by atoms with Crippen molar-refractivity contribution < 1.29 is 31.7 Å². The van der Waals surface area contributed by atoms with Crippen LogP contribution in [0.1, 0.15) is 28.0 Å². The first-order valence-corrected chi connectivity index (χ1v) is 8.24. The van der Waals surface area contributed by atoms with E-state index >= 15 is 0 Å². The molecule has 1 amide bonds. The summed E-state index contributed by atoms with van der Waals surface area (Å²) in [5, 5.41) is 7.35. The molecule has 11 heteroatoms. The van der Waals surface area contributed by atoms with Crippen LogP contribution in [0.3, 0.4) is 0 Å². The lowest BCUT2D eigenvalue weighted by atomic mass is 10.0. The van der Waals surface area contributed by atoms with Crippen molar-refractivity contribution in [1.29, 1.82) is 0 Å². The second kappa shape index (κ2) is 7.08. The second-order valence-electron chi connectivity index (χ2n) is 6.02. The Bertz CT molecular complexity index is 971. The zero-order chi connectivity index (χ0) is 19.7. The van der Waals surface area contributed by atoms with Crippen LogP contribution >= 0.6 is 0 Å². The molecule has 0 saturated carbocycles. The van der Waals surface area contributed by atoms with Gasteiger partial charge in [-0.1, -0.05) is 28.5 Å². The number of benzene rings is 1. The van der Waals surface area contributed by atoms with Crippen molar-refractivity contribution >= 4 is 5.91 Å². The summed E-state index contributed by atoms with van der Waals surface area (Å²) in [7, 11) is 0. The van der Waals surface area contributed by atoms with E-state index in [0.29, 0.717) is 5.82 Å². The maximum atomic E-state index is 13.2. The molecular formula is C17H13F3N4O4. The zero-order valence-corrected chi connectivity index (χ0v) is 14.2. The molecule has 0 bridgehead atoms. The predicted molar refractivity (Wildman–Crippen MR) is 85.8 cm³/mol. The van der Waals surface area contributed by atoms with Crippen molar-refractivity contribution in [3.8, 4) is 11.3 Å². The average molecular weight is 394 g/mol. The van der Waals surface area contributed by atoms with Crippen molar-refractivity contribution in [2.75, 3.05) is 19.7 Å². The van der Waals surface area contributed by atoms with E-state index in [2.05, 4.69) is 19.8 Å². The third-order valence-electron chi connectivity index (χ3n) is 4.25. The van der Waals surface area contributed by atoms with E-state index in [4.69, 9.17) is 9.26 Å². The van der Waals surface area contributed by atoms with E-state index in [1.165, 1.54) is 29.2 Å². The molecule has 146 valence electrons. The zero-order valence-electron chi connectivity index (χ0n) is 14.2. The van der Waals surface area contributed by atoms with Gasteiger partial charge in [0.1, 0.15) is 6.10 Å². The molecule has 4 rings (SSSR count). The first-order chi connectivity index (χ1) is 13.4. The number of carbonyl (C=O) groups is 1. The molecule has 1 aliphatic heterocycles. The van der Waals surface area contributed by atoms with Gasteiger partial charge in [0.2, 0.25) is 12.2 Å². The van der Waals surface area contributed by atoms with E-state index in [0.717, 1.165) is 12.5 Å². The summed E-state index contributed by atoms with van der Waals surface area (Å²) in [6.45, 7) is 0.681. The molecule has 0 aliphatic carbocycles. The summed E-state index contributed by atoms with van der Waals surface area (Å²) in [5.74, 6) is -0.326. The molecule has 1 aromatic carbocycles. The minimum absolute atomic E-state index is 0.0965. The van der Waals surface area contributed by atoms with Crippen LogP contribution in [-0.2, 0) is 10.9 Å². The minimum atomic E-state index is -4.56. The number of alkyl halides is 3. The number of carbonyl (C=O) groups excluding carboxylic acids is 1. The molecule has 1 fully saturated rings. The lowest BCUT2D eigenvalue weighted by Crippen LogP contribution is -2.42. The number of ether oxygens (including phenoxy) is 1. The van der Waals surface area contributed by atoms with Gasteiger partial charge < -0.3 is 18.7 Å². The van der Waals surface area contributed by atoms with Crippen LogP contribution in [0.4, 0.5) is 13.2 Å². The molecule has 28 heavy (non-hydrogen) atoms. The van der Waals surface area contributed by atoms with Crippen LogP contribution < -0.4 is 0 Å². The SMILES string of the molecule is O=C(c1cc(-c2ccccc2C(F)(F)F)on1)N1CCOC(c2ncon2)C1. The third kappa shape index (κ3) is 3.48. The Balaban J connectivity index is 1.56. The van der Waals surface area contributed by atoms with Gasteiger partial charge in [-0.05, 0) is 6.07 Å². The van der Waals surface area contributed by atoms with Gasteiger partial charge in [0.15, 0.2) is 11.5 Å². The Kier molecular flexibility index (Phi) is 4.59. The Hall–Kier alpha value is -3.21. The quantitative estimate of drug-likeness (QED) is 0.674. The van der Waals surface area contributed by atoms with Crippen molar-refractivity contribution in [1.82, 2.24) is 20.2 Å². The van der Waals surface area contributed by atoms with Crippen LogP contribution in [-0.4, -0.2) is 45.8 Å². The first-order valence-electron chi connectivity index (χ1n) is 8.24. The molecule has 0 N–H and O–H groups in total. The van der Waals surface area contributed by atoms with Crippen LogP contribution in [0.15, 0.2) is 45.8 Å². The van der Waals surface area contributed by atoms with Gasteiger partial charge in [0, 0.05) is 18.2 Å². The molecule has 1 saturated heterocycles. The van der Waals surface area contributed by atoms with Crippen molar-refractivity contribution in [2.45, 2.75) is 12.3 Å². The molecule has 1 aliphatic rings. The Morgan fingerprint density at radius 3 is 2.79 bits per heavy atom. The fourth-order valence-corrected chi connectivity index (χ4v) is 2.92. The number of morpholine rings is 1. The molecule has 3 aromatic rings. The van der Waals surface area contributed by atoms with E-state index in [1.807, 2.05) is 0 Å². The predicted octanol–water partition coefficient (Wildman–Crippen LogP) is 2.96. The largest absolute Gasteiger partial charge is 0.417 e. The highest BCUT2D eigenvalue weighted by atomic mass is 19.4. The van der Waals surface area contributed by atoms with Gasteiger partial charge in [-0.3, -0.25) is 4.79 Å². The molecule has 0 radical (unpaired) electrons. The first kappa shape index (κ1) is 18.2. The summed E-state index contributed by atoms with van der Waals surface area (Å²) < 4.78 is 54.8. The van der Waals surface area contributed by atoms with E-state index in [1.54, 1.807) is 0 Å². The summed E-state index contributed by atoms with van der Waals surface area (Å²) in [6.07, 6.45) is -3.97. The van der Waals surface area contributed by atoms with E-state index in [9.17, 15) is 18.0 Å². The van der Waals surface area contributed by atoms with E-state index in [-0.39, 0.29) is 36.7 Å². The standard InChI is InChI=1S/C17H13F3N4O4/c18-17(19,20)11-4-2-1-3-10(11)13-7-12(22-28-13)16(25)24-5-6-26-14(8-24)15-21-9-27-23-15/h1-4,7,9,14H,5-6,8H2. The minimum Gasteiger partial charge on any atom is -0.366 e. The fraction of sp³-hybridized carbons (Fsp3) is 0.294.